The van der Waals surface area contributed by atoms with E-state index in [1.165, 1.54) is 6.07 Å². The monoisotopic (exact) mass is 251 g/mol. The van der Waals surface area contributed by atoms with E-state index in [0.29, 0.717) is 30.9 Å². The van der Waals surface area contributed by atoms with Gasteiger partial charge in [0.25, 0.3) is 0 Å². The molecule has 0 heterocycles. The Bertz CT molecular complexity index is 424. The summed E-state index contributed by atoms with van der Waals surface area (Å²) in [5.41, 5.74) is 6.39. The summed E-state index contributed by atoms with van der Waals surface area (Å²) in [6.45, 7) is 4.07. The summed E-state index contributed by atoms with van der Waals surface area (Å²) in [6.07, 6.45) is 0. The molecule has 98 valence electrons. The second-order valence-corrected chi connectivity index (χ2v) is 3.56. The summed E-state index contributed by atoms with van der Waals surface area (Å²) in [6, 6.07) is 4.83. The normalized spacial score (nSPS) is 9.94. The molecule has 2 N–H and O–H groups in total. The van der Waals surface area contributed by atoms with Crippen molar-refractivity contribution in [2.45, 2.75) is 13.5 Å². The van der Waals surface area contributed by atoms with Gasteiger partial charge in [0.05, 0.1) is 26.4 Å². The van der Waals surface area contributed by atoms with E-state index in [2.05, 4.69) is 11.8 Å². The highest BCUT2D eigenvalue weighted by Gasteiger charge is 2.02. The van der Waals surface area contributed by atoms with Crippen LogP contribution in [0.25, 0.3) is 0 Å². The molecule has 1 aromatic carbocycles. The lowest BCUT2D eigenvalue weighted by Gasteiger charge is -2.06. The summed E-state index contributed by atoms with van der Waals surface area (Å²) < 4.78 is 24.1. The molecule has 0 fully saturated rings. The van der Waals surface area contributed by atoms with E-state index in [9.17, 15) is 4.39 Å². The second kappa shape index (κ2) is 8.65. The van der Waals surface area contributed by atoms with Crippen LogP contribution in [0.1, 0.15) is 18.1 Å². The summed E-state index contributed by atoms with van der Waals surface area (Å²) in [4.78, 5) is 0. The van der Waals surface area contributed by atoms with Crippen molar-refractivity contribution < 1.29 is 13.9 Å². The number of halogens is 1. The fourth-order valence-electron chi connectivity index (χ4n) is 1.34. The van der Waals surface area contributed by atoms with Crippen LogP contribution in [0, 0.1) is 17.7 Å². The first kappa shape index (κ1) is 14.7. The molecule has 1 rings (SSSR count). The first-order valence-corrected chi connectivity index (χ1v) is 5.90. The predicted octanol–water partition coefficient (Wildman–Crippen LogP) is 1.69. The first-order chi connectivity index (χ1) is 8.77. The third-order valence-electron chi connectivity index (χ3n) is 2.22. The molecule has 0 bridgehead atoms. The molecule has 0 saturated carbocycles. The Hall–Kier alpha value is -1.41. The predicted molar refractivity (Wildman–Crippen MR) is 68.5 cm³/mol. The average molecular weight is 251 g/mol. The Morgan fingerprint density at radius 2 is 2.06 bits per heavy atom. The molecule has 0 aliphatic rings. The van der Waals surface area contributed by atoms with Crippen LogP contribution in [0.3, 0.4) is 0 Å². The maximum absolute atomic E-state index is 13.6. The van der Waals surface area contributed by atoms with Crippen LogP contribution in [-0.2, 0) is 16.1 Å². The van der Waals surface area contributed by atoms with Crippen LogP contribution in [0.2, 0.25) is 0 Å². The Kier molecular flexibility index (Phi) is 7.04. The van der Waals surface area contributed by atoms with Crippen molar-refractivity contribution in [1.82, 2.24) is 0 Å². The molecular weight excluding hydrogens is 233 g/mol. The number of ether oxygens (including phenoxy) is 2. The molecule has 0 radical (unpaired) electrons. The maximum Gasteiger partial charge on any atom is 0.129 e. The van der Waals surface area contributed by atoms with Gasteiger partial charge in [0, 0.05) is 17.7 Å². The maximum atomic E-state index is 13.6. The lowest BCUT2D eigenvalue weighted by molar-refractivity contribution is 0.0443. The molecular formula is C14H18FNO2. The van der Waals surface area contributed by atoms with Gasteiger partial charge >= 0.3 is 0 Å². The van der Waals surface area contributed by atoms with Crippen LogP contribution in [0.5, 0.6) is 0 Å². The Morgan fingerprint density at radius 3 is 2.72 bits per heavy atom. The lowest BCUT2D eigenvalue weighted by atomic mass is 10.1. The van der Waals surface area contributed by atoms with Crippen molar-refractivity contribution in [3.05, 3.63) is 35.1 Å². The summed E-state index contributed by atoms with van der Waals surface area (Å²) >= 11 is 0. The highest BCUT2D eigenvalue weighted by molar-refractivity contribution is 5.37. The number of rotatable bonds is 6. The molecule has 0 aliphatic heterocycles. The second-order valence-electron chi connectivity index (χ2n) is 3.56. The fraction of sp³-hybridized carbons (Fsp3) is 0.429. The van der Waals surface area contributed by atoms with E-state index in [-0.39, 0.29) is 19.0 Å². The minimum atomic E-state index is -0.310. The smallest absolute Gasteiger partial charge is 0.129 e. The zero-order valence-corrected chi connectivity index (χ0v) is 10.5. The minimum Gasteiger partial charge on any atom is -0.379 e. The molecule has 0 aromatic heterocycles. The Morgan fingerprint density at radius 1 is 1.28 bits per heavy atom. The molecule has 18 heavy (non-hydrogen) atoms. The molecule has 3 nitrogen and oxygen atoms in total. The number of benzene rings is 1. The van der Waals surface area contributed by atoms with Gasteiger partial charge in [-0.15, -0.1) is 0 Å². The summed E-state index contributed by atoms with van der Waals surface area (Å²) in [7, 11) is 0. The van der Waals surface area contributed by atoms with Gasteiger partial charge in [-0.3, -0.25) is 0 Å². The van der Waals surface area contributed by atoms with Gasteiger partial charge in [0.1, 0.15) is 5.82 Å². The molecule has 0 amide bonds. The van der Waals surface area contributed by atoms with E-state index in [1.807, 2.05) is 6.92 Å². The van der Waals surface area contributed by atoms with Crippen LogP contribution in [-0.4, -0.2) is 26.4 Å². The van der Waals surface area contributed by atoms with Crippen LogP contribution < -0.4 is 5.73 Å². The highest BCUT2D eigenvalue weighted by atomic mass is 19.1. The van der Waals surface area contributed by atoms with Gasteiger partial charge in [-0.2, -0.15) is 0 Å². The van der Waals surface area contributed by atoms with Crippen molar-refractivity contribution in [3.8, 4) is 11.8 Å². The third kappa shape index (κ3) is 5.28. The van der Waals surface area contributed by atoms with Crippen molar-refractivity contribution in [2.75, 3.05) is 26.4 Å². The summed E-state index contributed by atoms with van der Waals surface area (Å²) in [5, 5.41) is 0. The number of hydrogen-bond donors (Lipinski definition) is 1. The molecule has 0 unspecified atom stereocenters. The van der Waals surface area contributed by atoms with Gasteiger partial charge in [-0.05, 0) is 19.1 Å². The number of nitrogens with two attached hydrogens (primary N) is 1. The average Bonchev–Trinajstić information content (AvgIpc) is 2.38. The molecule has 0 aliphatic carbocycles. The fourth-order valence-corrected chi connectivity index (χ4v) is 1.34. The largest absolute Gasteiger partial charge is 0.379 e. The van der Waals surface area contributed by atoms with Crippen molar-refractivity contribution in [2.24, 2.45) is 5.73 Å². The molecule has 0 saturated heterocycles. The molecule has 0 atom stereocenters. The van der Waals surface area contributed by atoms with Gasteiger partial charge in [-0.25, -0.2) is 4.39 Å². The van der Waals surface area contributed by atoms with E-state index in [1.54, 1.807) is 12.1 Å². The first-order valence-electron chi connectivity index (χ1n) is 5.90. The topological polar surface area (TPSA) is 44.5 Å². The Balaban J connectivity index is 2.47. The lowest BCUT2D eigenvalue weighted by Crippen LogP contribution is -2.05. The van der Waals surface area contributed by atoms with Crippen LogP contribution in [0.4, 0.5) is 4.39 Å². The minimum absolute atomic E-state index is 0.240. The molecule has 4 heteroatoms. The quantitative estimate of drug-likeness (QED) is 0.618. The zero-order chi connectivity index (χ0) is 13.2. The van der Waals surface area contributed by atoms with E-state index >= 15 is 0 Å². The van der Waals surface area contributed by atoms with E-state index in [0.717, 1.165) is 0 Å². The van der Waals surface area contributed by atoms with E-state index in [4.69, 9.17) is 15.2 Å². The van der Waals surface area contributed by atoms with Gasteiger partial charge in [-0.1, -0.05) is 17.9 Å². The highest BCUT2D eigenvalue weighted by Crippen LogP contribution is 2.11. The SMILES string of the molecule is CCOCCOCc1ccc(C#CCN)cc1F. The van der Waals surface area contributed by atoms with Gasteiger partial charge in [0.15, 0.2) is 0 Å². The van der Waals surface area contributed by atoms with Crippen molar-refractivity contribution >= 4 is 0 Å². The van der Waals surface area contributed by atoms with Crippen LogP contribution in [0.15, 0.2) is 18.2 Å². The van der Waals surface area contributed by atoms with Gasteiger partial charge in [0.2, 0.25) is 0 Å². The third-order valence-corrected chi connectivity index (χ3v) is 2.22. The summed E-state index contributed by atoms with van der Waals surface area (Å²) in [5.74, 6) is 5.15. The molecule has 1 aromatic rings. The Labute approximate surface area is 107 Å². The molecule has 0 spiro atoms. The standard InChI is InChI=1S/C14H18FNO2/c1-2-17-8-9-18-11-13-6-5-12(4-3-7-16)10-14(13)15/h5-6,10H,2,7-9,11,16H2,1H3. The van der Waals surface area contributed by atoms with Gasteiger partial charge < -0.3 is 15.2 Å². The van der Waals surface area contributed by atoms with E-state index < -0.39 is 0 Å². The number of hydrogen-bond acceptors (Lipinski definition) is 3. The zero-order valence-electron chi connectivity index (χ0n) is 10.5. The van der Waals surface area contributed by atoms with Crippen LogP contribution >= 0.6 is 0 Å². The van der Waals surface area contributed by atoms with Crippen molar-refractivity contribution in [1.29, 1.82) is 0 Å². The van der Waals surface area contributed by atoms with Crippen molar-refractivity contribution in [3.63, 3.8) is 0 Å².